The number of unbranched alkanes of at least 4 members (excludes halogenated alkanes) is 2. The Labute approximate surface area is 86.5 Å². The van der Waals surface area contributed by atoms with Gasteiger partial charge in [0.25, 0.3) is 0 Å². The van der Waals surface area contributed by atoms with Crippen molar-refractivity contribution in [3.63, 3.8) is 0 Å². The number of halogens is 3. The van der Waals surface area contributed by atoms with Gasteiger partial charge in [0, 0.05) is 0 Å². The molecule has 0 spiro atoms. The van der Waals surface area contributed by atoms with Gasteiger partial charge < -0.3 is 4.79 Å². The molecule has 0 bridgehead atoms. The van der Waals surface area contributed by atoms with Crippen molar-refractivity contribution in [1.29, 1.82) is 0 Å². The highest BCUT2D eigenvalue weighted by Gasteiger charge is 2.47. The summed E-state index contributed by atoms with van der Waals surface area (Å²) >= 11 is 0. The average Bonchev–Trinajstić information content (AvgIpc) is 2.14. The van der Waals surface area contributed by atoms with E-state index < -0.39 is 22.2 Å². The normalized spacial score (nSPS) is 11.7. The van der Waals surface area contributed by atoms with E-state index in [1.807, 2.05) is 13.7 Å². The van der Waals surface area contributed by atoms with Crippen molar-refractivity contribution in [1.82, 2.24) is 0 Å². The lowest BCUT2D eigenvalue weighted by atomic mass is 10.3. The highest BCUT2D eigenvalue weighted by atomic mass is 32.2. The fourth-order valence-electron chi connectivity index (χ4n) is 0.588. The Kier molecular flexibility index (Phi) is 8.54. The van der Waals surface area contributed by atoms with Crippen LogP contribution in [0.25, 0.3) is 0 Å². The highest BCUT2D eigenvalue weighted by molar-refractivity contribution is 7.87. The van der Waals surface area contributed by atoms with Crippen molar-refractivity contribution in [2.45, 2.75) is 31.7 Å². The van der Waals surface area contributed by atoms with E-state index in [1.165, 1.54) is 0 Å². The molecule has 0 N–H and O–H groups in total. The quantitative estimate of drug-likeness (QED) is 0.424. The van der Waals surface area contributed by atoms with Crippen LogP contribution in [0.3, 0.4) is 0 Å². The molecule has 0 aromatic heterocycles. The van der Waals surface area contributed by atoms with Crippen LogP contribution in [0.2, 0.25) is 0 Å². The highest BCUT2D eigenvalue weighted by Crippen LogP contribution is 2.24. The van der Waals surface area contributed by atoms with E-state index in [4.69, 9.17) is 4.79 Å². The predicted octanol–water partition coefficient (Wildman–Crippen LogP) is 1.86. The van der Waals surface area contributed by atoms with Crippen molar-refractivity contribution in [2.75, 3.05) is 6.61 Å². The lowest BCUT2D eigenvalue weighted by molar-refractivity contribution is -0.0980. The zero-order valence-electron chi connectivity index (χ0n) is 8.21. The molecule has 0 rings (SSSR count). The van der Waals surface area contributed by atoms with Crippen LogP contribution >= 0.6 is 0 Å². The smallest absolute Gasteiger partial charge is 0.307 e. The standard InChI is InChI=1S/C6H11F3O3S.CH2O/c1-2-3-4-5-12-13(10,11)6(7,8)9;1-2/h2-5H2,1H3;1H2. The summed E-state index contributed by atoms with van der Waals surface area (Å²) in [5.74, 6) is 0. The van der Waals surface area contributed by atoms with Gasteiger partial charge in [0.1, 0.15) is 6.79 Å². The van der Waals surface area contributed by atoms with Gasteiger partial charge in [0.2, 0.25) is 0 Å². The molecular formula is C7H13F3O4S. The van der Waals surface area contributed by atoms with Crippen molar-refractivity contribution >= 4 is 16.9 Å². The summed E-state index contributed by atoms with van der Waals surface area (Å²) < 4.78 is 59.2. The average molecular weight is 250 g/mol. The third kappa shape index (κ3) is 7.32. The van der Waals surface area contributed by atoms with Gasteiger partial charge in [-0.1, -0.05) is 19.8 Å². The van der Waals surface area contributed by atoms with Gasteiger partial charge in [0.05, 0.1) is 6.61 Å². The van der Waals surface area contributed by atoms with Crippen molar-refractivity contribution in [3.8, 4) is 0 Å². The first kappa shape index (κ1) is 16.8. The van der Waals surface area contributed by atoms with Crippen LogP contribution in [0.1, 0.15) is 26.2 Å². The zero-order chi connectivity index (χ0) is 12.5. The van der Waals surface area contributed by atoms with E-state index in [0.29, 0.717) is 12.8 Å². The van der Waals surface area contributed by atoms with Crippen LogP contribution in [0.4, 0.5) is 13.2 Å². The van der Waals surface area contributed by atoms with E-state index >= 15 is 0 Å². The summed E-state index contributed by atoms with van der Waals surface area (Å²) in [4.78, 5) is 8.00. The molecule has 0 saturated heterocycles. The van der Waals surface area contributed by atoms with Crippen LogP contribution < -0.4 is 0 Å². The molecule has 0 atom stereocenters. The minimum Gasteiger partial charge on any atom is -0.307 e. The topological polar surface area (TPSA) is 60.4 Å². The van der Waals surface area contributed by atoms with Crippen LogP contribution in [0.5, 0.6) is 0 Å². The number of carbonyl (C=O) groups is 1. The molecule has 0 saturated carbocycles. The Bertz CT molecular complexity index is 247. The zero-order valence-corrected chi connectivity index (χ0v) is 9.03. The second kappa shape index (κ2) is 7.63. The minimum atomic E-state index is -5.38. The van der Waals surface area contributed by atoms with Crippen molar-refractivity contribution in [3.05, 3.63) is 0 Å². The van der Waals surface area contributed by atoms with Gasteiger partial charge in [-0.05, 0) is 6.42 Å². The molecule has 0 aromatic rings. The Morgan fingerprint density at radius 2 is 1.67 bits per heavy atom. The molecule has 0 unspecified atom stereocenters. The number of hydrogen-bond donors (Lipinski definition) is 0. The number of rotatable bonds is 5. The summed E-state index contributed by atoms with van der Waals surface area (Å²) in [7, 11) is -5.38. The van der Waals surface area contributed by atoms with Gasteiger partial charge >= 0.3 is 15.6 Å². The van der Waals surface area contributed by atoms with Crippen molar-refractivity contribution in [2.24, 2.45) is 0 Å². The Morgan fingerprint density at radius 1 is 1.20 bits per heavy atom. The van der Waals surface area contributed by atoms with E-state index in [9.17, 15) is 21.6 Å². The lowest BCUT2D eigenvalue weighted by Crippen LogP contribution is -2.25. The molecule has 15 heavy (non-hydrogen) atoms. The maximum atomic E-state index is 11.6. The Morgan fingerprint density at radius 3 is 2.00 bits per heavy atom. The second-order valence-corrected chi connectivity index (χ2v) is 4.04. The first-order valence-corrected chi connectivity index (χ1v) is 5.46. The summed E-state index contributed by atoms with van der Waals surface area (Å²) in [6.07, 6.45) is 1.74. The van der Waals surface area contributed by atoms with Crippen LogP contribution in [-0.2, 0) is 19.1 Å². The van der Waals surface area contributed by atoms with Crippen LogP contribution in [0, 0.1) is 0 Å². The fraction of sp³-hybridized carbons (Fsp3) is 0.857. The van der Waals surface area contributed by atoms with Gasteiger partial charge in [0.15, 0.2) is 0 Å². The molecule has 0 aliphatic carbocycles. The Balaban J connectivity index is 0. The second-order valence-electron chi connectivity index (χ2n) is 2.43. The summed E-state index contributed by atoms with van der Waals surface area (Å²) in [6, 6.07) is 0. The maximum absolute atomic E-state index is 11.6. The number of carbonyl (C=O) groups excluding carboxylic acids is 1. The van der Waals surface area contributed by atoms with Crippen molar-refractivity contribution < 1.29 is 30.6 Å². The lowest BCUT2D eigenvalue weighted by Gasteiger charge is -2.07. The van der Waals surface area contributed by atoms with Gasteiger partial charge in [-0.15, -0.1) is 0 Å². The predicted molar refractivity (Wildman–Crippen MR) is 47.6 cm³/mol. The first-order chi connectivity index (χ1) is 6.81. The molecule has 0 aliphatic rings. The van der Waals surface area contributed by atoms with Crippen LogP contribution in [0.15, 0.2) is 0 Å². The molecule has 0 heterocycles. The molecule has 0 radical (unpaired) electrons. The third-order valence-corrected chi connectivity index (χ3v) is 2.31. The monoisotopic (exact) mass is 250 g/mol. The molecule has 0 amide bonds. The maximum Gasteiger partial charge on any atom is 0.523 e. The summed E-state index contributed by atoms with van der Waals surface area (Å²) in [5.41, 5.74) is -5.31. The first-order valence-electron chi connectivity index (χ1n) is 4.06. The van der Waals surface area contributed by atoms with E-state index in [-0.39, 0.29) is 0 Å². The number of alkyl halides is 3. The van der Waals surface area contributed by atoms with Gasteiger partial charge in [-0.2, -0.15) is 21.6 Å². The summed E-state index contributed by atoms with van der Waals surface area (Å²) in [6.45, 7) is 3.44. The molecule has 0 fully saturated rings. The molecule has 8 heteroatoms. The summed E-state index contributed by atoms with van der Waals surface area (Å²) in [5, 5.41) is 0. The molecule has 0 aromatic carbocycles. The van der Waals surface area contributed by atoms with E-state index in [1.54, 1.807) is 0 Å². The SMILES string of the molecule is C=O.CCCCCOS(=O)(=O)C(F)(F)F. The largest absolute Gasteiger partial charge is 0.523 e. The van der Waals surface area contributed by atoms with Gasteiger partial charge in [-0.25, -0.2) is 0 Å². The minimum absolute atomic E-state index is 0.311. The molecular weight excluding hydrogens is 237 g/mol. The Hall–Kier alpha value is -0.630. The fourth-order valence-corrected chi connectivity index (χ4v) is 1.06. The molecule has 4 nitrogen and oxygen atoms in total. The number of hydrogen-bond acceptors (Lipinski definition) is 4. The van der Waals surface area contributed by atoms with E-state index in [0.717, 1.165) is 6.42 Å². The molecule has 0 aliphatic heterocycles. The van der Waals surface area contributed by atoms with Crippen LogP contribution in [-0.4, -0.2) is 27.3 Å². The third-order valence-electron chi connectivity index (χ3n) is 1.27. The van der Waals surface area contributed by atoms with E-state index in [2.05, 4.69) is 4.18 Å². The van der Waals surface area contributed by atoms with Gasteiger partial charge in [-0.3, -0.25) is 4.18 Å². The molecule has 92 valence electrons.